The van der Waals surface area contributed by atoms with E-state index in [1.165, 1.54) is 17.0 Å². The van der Waals surface area contributed by atoms with E-state index in [1.807, 2.05) is 32.9 Å². The van der Waals surface area contributed by atoms with Gasteiger partial charge in [0.05, 0.1) is 16.9 Å². The fraction of sp³-hybridized carbons (Fsp3) is 0.511. The maximum Gasteiger partial charge on any atom is 0.416 e. The maximum atomic E-state index is 14.8. The molecule has 3 N–H and O–H groups in total. The number of carbonyl (C=O) groups excluding carboxylic acids is 4. The van der Waals surface area contributed by atoms with Gasteiger partial charge in [0.2, 0.25) is 33.3 Å². The summed E-state index contributed by atoms with van der Waals surface area (Å²) in [6, 6.07) is 9.12. The van der Waals surface area contributed by atoms with Gasteiger partial charge in [0, 0.05) is 29.7 Å². The van der Waals surface area contributed by atoms with Gasteiger partial charge in [-0.3, -0.25) is 23.9 Å². The van der Waals surface area contributed by atoms with Crippen molar-refractivity contribution < 1.29 is 49.9 Å². The van der Waals surface area contributed by atoms with Gasteiger partial charge in [-0.25, -0.2) is 13.4 Å². The molecule has 18 heteroatoms. The van der Waals surface area contributed by atoms with Crippen LogP contribution in [0, 0.1) is 11.3 Å². The van der Waals surface area contributed by atoms with Crippen molar-refractivity contribution in [3.05, 3.63) is 66.2 Å². The molecule has 4 heterocycles. The Hall–Kier alpha value is -5.52. The minimum Gasteiger partial charge on any atom is -0.470 e. The number of alkyl halides is 3. The summed E-state index contributed by atoms with van der Waals surface area (Å²) < 4.78 is 80.8. The Morgan fingerprint density at radius 2 is 1.75 bits per heavy atom. The number of sulfonamides is 1. The molecular weight excluding hydrogens is 842 g/mol. The standard InChI is InChI=1S/C45H51F3N6O8S/c1-42(2,3)24-34(55)49-31-14-9-7-5-6-8-12-28-23-44(28,41(58)53-63(59,60)43(4)20-21-43)52-38(56)32-22-29(25-54(32)40(31)57)61-39-36-35(30-13-10-11-15-33(30)62-36)50-37(51-39)26-16-18-27(19-17-26)45(46,47)48/h8,10-13,15-19,28-29,31-32H,5-7,9,14,20-25H2,1-4H3,(H,49,55)(H,52,56)(H,53,58)/b12-8-/t28-,29-,31+,32+,44-/m1/s1. The molecule has 0 spiro atoms. The fourth-order valence-electron chi connectivity index (χ4n) is 8.41. The number of nitrogens with zero attached hydrogens (tertiary/aromatic N) is 3. The second-order valence-electron chi connectivity index (χ2n) is 18.8. The van der Waals surface area contributed by atoms with Crippen LogP contribution in [0.1, 0.15) is 97.5 Å². The molecule has 3 fully saturated rings. The molecule has 0 bridgehead atoms. The molecule has 2 aromatic heterocycles. The number of ether oxygens (including phenoxy) is 1. The van der Waals surface area contributed by atoms with Crippen molar-refractivity contribution >= 4 is 55.7 Å². The zero-order valence-electron chi connectivity index (χ0n) is 35.5. The molecule has 8 rings (SSSR count). The number of carbonyl (C=O) groups is 4. The maximum absolute atomic E-state index is 14.8. The molecule has 336 valence electrons. The number of allylic oxidation sites excluding steroid dienone is 1. The van der Waals surface area contributed by atoms with E-state index in [4.69, 9.17) is 9.15 Å². The Labute approximate surface area is 362 Å². The number of halogens is 3. The molecule has 1 saturated heterocycles. The van der Waals surface area contributed by atoms with Crippen LogP contribution in [0.3, 0.4) is 0 Å². The summed E-state index contributed by atoms with van der Waals surface area (Å²) in [6.45, 7) is 7.11. The van der Waals surface area contributed by atoms with Crippen LogP contribution in [0.25, 0.3) is 33.5 Å². The van der Waals surface area contributed by atoms with E-state index in [2.05, 4.69) is 25.3 Å². The van der Waals surface area contributed by atoms with Crippen LogP contribution in [0.2, 0.25) is 0 Å². The van der Waals surface area contributed by atoms with E-state index < -0.39 is 73.9 Å². The monoisotopic (exact) mass is 892 g/mol. The summed E-state index contributed by atoms with van der Waals surface area (Å²) in [5.41, 5.74) is -1.69. The number of nitrogens with one attached hydrogen (secondary N) is 3. The highest BCUT2D eigenvalue weighted by Crippen LogP contribution is 2.48. The lowest BCUT2D eigenvalue weighted by atomic mass is 9.91. The van der Waals surface area contributed by atoms with Crippen molar-refractivity contribution in [1.29, 1.82) is 0 Å². The lowest BCUT2D eigenvalue weighted by Gasteiger charge is -2.30. The van der Waals surface area contributed by atoms with Crippen LogP contribution in [0.4, 0.5) is 13.2 Å². The van der Waals surface area contributed by atoms with Crippen molar-refractivity contribution in [3.8, 4) is 17.3 Å². The minimum atomic E-state index is -4.57. The smallest absolute Gasteiger partial charge is 0.416 e. The van der Waals surface area contributed by atoms with Gasteiger partial charge in [0.25, 0.3) is 11.8 Å². The lowest BCUT2D eigenvalue weighted by Crippen LogP contribution is -2.58. The van der Waals surface area contributed by atoms with E-state index in [0.717, 1.165) is 25.0 Å². The number of amides is 4. The normalized spacial score (nSPS) is 25.9. The van der Waals surface area contributed by atoms with Gasteiger partial charge in [-0.15, -0.1) is 0 Å². The van der Waals surface area contributed by atoms with Gasteiger partial charge in [-0.05, 0) is 75.1 Å². The highest BCUT2D eigenvalue weighted by Gasteiger charge is 2.63. The Morgan fingerprint density at radius 3 is 2.44 bits per heavy atom. The van der Waals surface area contributed by atoms with E-state index in [1.54, 1.807) is 31.2 Å². The van der Waals surface area contributed by atoms with Gasteiger partial charge < -0.3 is 24.7 Å². The fourth-order valence-corrected chi connectivity index (χ4v) is 9.73. The van der Waals surface area contributed by atoms with Crippen molar-refractivity contribution in [3.63, 3.8) is 0 Å². The lowest BCUT2D eigenvalue weighted by molar-refractivity contribution is -0.142. The molecule has 0 unspecified atom stereocenters. The van der Waals surface area contributed by atoms with Crippen molar-refractivity contribution in [2.45, 2.75) is 127 Å². The van der Waals surface area contributed by atoms with Crippen molar-refractivity contribution in [2.24, 2.45) is 11.3 Å². The molecule has 2 aliphatic heterocycles. The van der Waals surface area contributed by atoms with Crippen LogP contribution in [0.15, 0.2) is 65.1 Å². The van der Waals surface area contributed by atoms with Crippen LogP contribution in [0.5, 0.6) is 5.88 Å². The molecule has 4 aliphatic rings. The average Bonchev–Trinajstić information content (AvgIpc) is 4.03. The van der Waals surface area contributed by atoms with E-state index in [9.17, 15) is 40.8 Å². The summed E-state index contributed by atoms with van der Waals surface area (Å²) in [7, 11) is -4.06. The molecule has 2 saturated carbocycles. The molecule has 2 aromatic carbocycles. The number of rotatable bonds is 8. The van der Waals surface area contributed by atoms with Crippen molar-refractivity contribution in [2.75, 3.05) is 6.54 Å². The van der Waals surface area contributed by atoms with Gasteiger partial charge >= 0.3 is 6.18 Å². The zero-order valence-corrected chi connectivity index (χ0v) is 36.3. The number of hydrogen-bond acceptors (Lipinski definition) is 10. The third kappa shape index (κ3) is 9.13. The number of fused-ring (bicyclic) bond motifs is 5. The molecule has 4 aromatic rings. The summed E-state index contributed by atoms with van der Waals surface area (Å²) in [5, 5.41) is 6.37. The first-order valence-corrected chi connectivity index (χ1v) is 22.8. The van der Waals surface area contributed by atoms with Gasteiger partial charge in [-0.1, -0.05) is 70.0 Å². The van der Waals surface area contributed by atoms with E-state index in [0.29, 0.717) is 48.6 Å². The summed E-state index contributed by atoms with van der Waals surface area (Å²) >= 11 is 0. The highest BCUT2D eigenvalue weighted by molar-refractivity contribution is 7.91. The molecule has 63 heavy (non-hydrogen) atoms. The predicted octanol–water partition coefficient (Wildman–Crippen LogP) is 6.72. The molecule has 4 amide bonds. The third-order valence-corrected chi connectivity index (χ3v) is 14.6. The predicted molar refractivity (Wildman–Crippen MR) is 226 cm³/mol. The van der Waals surface area contributed by atoms with Gasteiger partial charge in [-0.2, -0.15) is 18.2 Å². The van der Waals surface area contributed by atoms with Crippen LogP contribution in [-0.2, 0) is 35.4 Å². The second-order valence-corrected chi connectivity index (χ2v) is 21.0. The topological polar surface area (TPSA) is 190 Å². The van der Waals surface area contributed by atoms with Crippen molar-refractivity contribution in [1.82, 2.24) is 30.2 Å². The van der Waals surface area contributed by atoms with E-state index in [-0.39, 0.29) is 60.0 Å². The zero-order chi connectivity index (χ0) is 45.1. The quantitative estimate of drug-likeness (QED) is 0.160. The number of furan rings is 1. The first-order chi connectivity index (χ1) is 29.7. The summed E-state index contributed by atoms with van der Waals surface area (Å²) in [6.07, 6.45) is 2.22. The largest absolute Gasteiger partial charge is 0.470 e. The first-order valence-electron chi connectivity index (χ1n) is 21.4. The number of hydrogen-bond donors (Lipinski definition) is 3. The Morgan fingerprint density at radius 1 is 1.02 bits per heavy atom. The average molecular weight is 893 g/mol. The molecule has 5 atom stereocenters. The van der Waals surface area contributed by atoms with E-state index >= 15 is 0 Å². The van der Waals surface area contributed by atoms with Gasteiger partial charge in [0.1, 0.15) is 34.8 Å². The number of benzene rings is 2. The van der Waals surface area contributed by atoms with Gasteiger partial charge in [0.15, 0.2) is 5.82 Å². The molecule has 0 radical (unpaired) electrons. The minimum absolute atomic E-state index is 0.0388. The Kier molecular flexibility index (Phi) is 11.4. The Balaban J connectivity index is 1.15. The molecule has 14 nitrogen and oxygen atoms in total. The summed E-state index contributed by atoms with van der Waals surface area (Å²) in [5.74, 6) is -2.99. The Bertz CT molecular complexity index is 2600. The molecule has 2 aliphatic carbocycles. The third-order valence-electron chi connectivity index (χ3n) is 12.4. The van der Waals surface area contributed by atoms with Crippen LogP contribution >= 0.6 is 0 Å². The van der Waals surface area contributed by atoms with Crippen LogP contribution < -0.4 is 20.1 Å². The number of para-hydroxylation sites is 1. The highest BCUT2D eigenvalue weighted by atomic mass is 32.2. The SMILES string of the molecule is CC(C)(C)CC(=O)N[C@H]1CCCCC/C=C\[C@@H]2C[C@@]2(C(=O)NS(=O)(=O)C2(C)CC2)NC(=O)[C@@H]2C[C@@H](Oc3nc(-c4ccc(C(F)(F)F)cc4)nc4c3oc3ccccc34)CN2C1=O. The van der Waals surface area contributed by atoms with Crippen LogP contribution in [-0.4, -0.2) is 81.9 Å². The number of aromatic nitrogens is 2. The second kappa shape index (κ2) is 16.2. The first kappa shape index (κ1) is 44.1. The molecular formula is C45H51F3N6O8S. The summed E-state index contributed by atoms with van der Waals surface area (Å²) in [4.78, 5) is 67.4.